The van der Waals surface area contributed by atoms with Crippen molar-refractivity contribution in [3.63, 3.8) is 0 Å². The second-order valence-corrected chi connectivity index (χ2v) is 12.7. The van der Waals surface area contributed by atoms with Gasteiger partial charge in [-0.2, -0.15) is 0 Å². The lowest BCUT2D eigenvalue weighted by Gasteiger charge is -2.28. The van der Waals surface area contributed by atoms with E-state index in [0.29, 0.717) is 28.4 Å². The van der Waals surface area contributed by atoms with Gasteiger partial charge in [0.15, 0.2) is 0 Å². The van der Waals surface area contributed by atoms with Crippen LogP contribution in [0.15, 0.2) is 66.7 Å². The molecule has 1 saturated carbocycles. The van der Waals surface area contributed by atoms with E-state index >= 15 is 0 Å². The van der Waals surface area contributed by atoms with Crippen molar-refractivity contribution >= 4 is 23.3 Å². The molecule has 0 bridgehead atoms. The maximum Gasteiger partial charge on any atom is 0.292 e. The van der Waals surface area contributed by atoms with Crippen molar-refractivity contribution < 1.29 is 19.4 Å². The molecule has 1 heterocycles. The Morgan fingerprint density at radius 2 is 1.59 bits per heavy atom. The SMILES string of the molecule is CC(C)(C)c1ccc(-c2ccc(C(=O)C(=O)N[C@H](CN3CCCC3)[C@H](O)c3ccc(OC4CC4)c(Cl)c3)cc2)cc1. The summed E-state index contributed by atoms with van der Waals surface area (Å²) in [5.41, 5.74) is 4.20. The van der Waals surface area contributed by atoms with Crippen LogP contribution in [0.2, 0.25) is 5.02 Å². The molecule has 3 aromatic carbocycles. The topological polar surface area (TPSA) is 78.9 Å². The van der Waals surface area contributed by atoms with Crippen molar-refractivity contribution in [3.05, 3.63) is 88.4 Å². The van der Waals surface area contributed by atoms with E-state index in [2.05, 4.69) is 55.3 Å². The minimum Gasteiger partial charge on any atom is -0.489 e. The van der Waals surface area contributed by atoms with E-state index in [1.165, 1.54) is 5.56 Å². The van der Waals surface area contributed by atoms with Gasteiger partial charge < -0.3 is 20.1 Å². The van der Waals surface area contributed by atoms with Crippen LogP contribution >= 0.6 is 11.6 Å². The third-order valence-corrected chi connectivity index (χ3v) is 8.20. The average Bonchev–Trinajstić information content (AvgIpc) is 3.64. The zero-order valence-corrected chi connectivity index (χ0v) is 24.8. The van der Waals surface area contributed by atoms with Gasteiger partial charge in [0, 0.05) is 12.1 Å². The highest BCUT2D eigenvalue weighted by molar-refractivity contribution is 6.42. The number of nitrogens with one attached hydrogen (secondary N) is 1. The predicted molar refractivity (Wildman–Crippen MR) is 163 cm³/mol. The summed E-state index contributed by atoms with van der Waals surface area (Å²) in [7, 11) is 0. The van der Waals surface area contributed by atoms with Crippen LogP contribution in [-0.2, 0) is 10.2 Å². The molecule has 216 valence electrons. The number of carbonyl (C=O) groups is 2. The highest BCUT2D eigenvalue weighted by atomic mass is 35.5. The van der Waals surface area contributed by atoms with E-state index in [4.69, 9.17) is 16.3 Å². The minimum absolute atomic E-state index is 0.0720. The normalized spacial score (nSPS) is 17.2. The molecule has 0 spiro atoms. The first kappa shape index (κ1) is 29.3. The Bertz CT molecular complexity index is 1370. The van der Waals surface area contributed by atoms with Crippen LogP contribution in [-0.4, -0.2) is 53.5 Å². The summed E-state index contributed by atoms with van der Waals surface area (Å²) in [6, 6.07) is 20.0. The minimum atomic E-state index is -1.04. The van der Waals surface area contributed by atoms with Crippen LogP contribution < -0.4 is 10.1 Å². The molecule has 1 saturated heterocycles. The van der Waals surface area contributed by atoms with Crippen LogP contribution in [0.5, 0.6) is 5.75 Å². The molecular weight excluding hydrogens is 536 g/mol. The Morgan fingerprint density at radius 3 is 2.15 bits per heavy atom. The van der Waals surface area contributed by atoms with Gasteiger partial charge in [0.1, 0.15) is 11.9 Å². The Morgan fingerprint density at radius 1 is 0.976 bits per heavy atom. The zero-order valence-electron chi connectivity index (χ0n) is 24.0. The number of aliphatic hydroxyl groups is 1. The fraction of sp³-hybridized carbons (Fsp3) is 0.412. The predicted octanol–water partition coefficient (Wildman–Crippen LogP) is 6.34. The number of ketones is 1. The number of hydrogen-bond acceptors (Lipinski definition) is 5. The molecule has 7 heteroatoms. The number of nitrogens with zero attached hydrogens (tertiary/aromatic N) is 1. The van der Waals surface area contributed by atoms with E-state index in [1.807, 2.05) is 12.1 Å². The van der Waals surface area contributed by atoms with Crippen molar-refractivity contribution in [1.29, 1.82) is 0 Å². The van der Waals surface area contributed by atoms with Gasteiger partial charge in [-0.25, -0.2) is 0 Å². The van der Waals surface area contributed by atoms with Crippen molar-refractivity contribution in [2.75, 3.05) is 19.6 Å². The molecule has 1 amide bonds. The van der Waals surface area contributed by atoms with Gasteiger partial charge >= 0.3 is 0 Å². The standard InChI is InChI=1S/C34H39ClN2O4/c1-34(2,3)26-13-10-23(11-14-26)22-6-8-24(9-7-22)32(39)33(40)36-29(21-37-18-4-5-19-37)31(38)25-12-17-30(28(35)20-25)41-27-15-16-27/h6-14,17,20,27,29,31,38H,4-5,15-16,18-19,21H2,1-3H3,(H,36,40)/t29-,31-/m1/s1. The smallest absolute Gasteiger partial charge is 0.292 e. The number of carbonyl (C=O) groups excluding carboxylic acids is 2. The summed E-state index contributed by atoms with van der Waals surface area (Å²) in [4.78, 5) is 28.5. The summed E-state index contributed by atoms with van der Waals surface area (Å²) < 4.78 is 5.82. The molecule has 0 aromatic heterocycles. The molecule has 5 rings (SSSR count). The Hall–Kier alpha value is -3.19. The summed E-state index contributed by atoms with van der Waals surface area (Å²) >= 11 is 6.45. The molecule has 2 atom stereocenters. The number of hydrogen-bond donors (Lipinski definition) is 2. The Labute approximate surface area is 247 Å². The number of rotatable bonds is 10. The molecule has 0 radical (unpaired) electrons. The number of Topliss-reactive ketones (excluding diaryl/α,β-unsaturated/α-hetero) is 1. The number of aliphatic hydroxyl groups excluding tert-OH is 1. The van der Waals surface area contributed by atoms with Crippen molar-refractivity contribution in [1.82, 2.24) is 10.2 Å². The molecule has 1 aliphatic heterocycles. The van der Waals surface area contributed by atoms with Crippen LogP contribution in [0, 0.1) is 0 Å². The van der Waals surface area contributed by atoms with Gasteiger partial charge in [0.25, 0.3) is 5.91 Å². The summed E-state index contributed by atoms with van der Waals surface area (Å²) in [5, 5.41) is 14.6. The van der Waals surface area contributed by atoms with Gasteiger partial charge in [-0.1, -0.05) is 87.0 Å². The number of amides is 1. The van der Waals surface area contributed by atoms with Gasteiger partial charge in [-0.05, 0) is 78.6 Å². The second-order valence-electron chi connectivity index (χ2n) is 12.3. The van der Waals surface area contributed by atoms with Crippen LogP contribution in [0.1, 0.15) is 74.0 Å². The molecule has 2 fully saturated rings. The highest BCUT2D eigenvalue weighted by Gasteiger charge is 2.30. The van der Waals surface area contributed by atoms with E-state index in [-0.39, 0.29) is 11.5 Å². The first-order valence-electron chi connectivity index (χ1n) is 14.5. The van der Waals surface area contributed by atoms with Gasteiger partial charge in [-0.3, -0.25) is 9.59 Å². The van der Waals surface area contributed by atoms with Crippen LogP contribution in [0.4, 0.5) is 0 Å². The lowest BCUT2D eigenvalue weighted by molar-refractivity contribution is -0.118. The van der Waals surface area contributed by atoms with E-state index in [0.717, 1.165) is 49.9 Å². The quantitative estimate of drug-likeness (QED) is 0.218. The molecular formula is C34H39ClN2O4. The molecule has 0 unspecified atom stereocenters. The maximum absolute atomic E-state index is 13.2. The third kappa shape index (κ3) is 7.37. The van der Waals surface area contributed by atoms with Crippen molar-refractivity contribution in [2.45, 2.75) is 70.1 Å². The first-order chi connectivity index (χ1) is 19.6. The fourth-order valence-corrected chi connectivity index (χ4v) is 5.44. The van der Waals surface area contributed by atoms with E-state index in [1.54, 1.807) is 30.3 Å². The average molecular weight is 575 g/mol. The lowest BCUT2D eigenvalue weighted by Crippen LogP contribution is -2.48. The molecule has 6 nitrogen and oxygen atoms in total. The van der Waals surface area contributed by atoms with Gasteiger partial charge in [-0.15, -0.1) is 0 Å². The third-order valence-electron chi connectivity index (χ3n) is 7.90. The number of ether oxygens (including phenoxy) is 1. The van der Waals surface area contributed by atoms with Crippen LogP contribution in [0.25, 0.3) is 11.1 Å². The van der Waals surface area contributed by atoms with E-state index in [9.17, 15) is 14.7 Å². The Kier molecular flexibility index (Phi) is 8.83. The van der Waals surface area contributed by atoms with Crippen molar-refractivity contribution in [3.8, 4) is 16.9 Å². The van der Waals surface area contributed by atoms with Crippen LogP contribution in [0.3, 0.4) is 0 Å². The highest BCUT2D eigenvalue weighted by Crippen LogP contribution is 2.34. The van der Waals surface area contributed by atoms with E-state index < -0.39 is 23.8 Å². The monoisotopic (exact) mass is 574 g/mol. The second kappa shape index (κ2) is 12.4. The molecule has 2 N–H and O–H groups in total. The number of halogens is 1. The van der Waals surface area contributed by atoms with Gasteiger partial charge in [0.05, 0.1) is 17.2 Å². The Balaban J connectivity index is 1.28. The summed E-state index contributed by atoms with van der Waals surface area (Å²) in [6.45, 7) is 8.75. The maximum atomic E-state index is 13.2. The molecule has 2 aliphatic rings. The number of likely N-dealkylation sites (tertiary alicyclic amines) is 1. The lowest BCUT2D eigenvalue weighted by atomic mass is 9.86. The zero-order chi connectivity index (χ0) is 29.1. The first-order valence-corrected chi connectivity index (χ1v) is 14.9. The number of benzene rings is 3. The van der Waals surface area contributed by atoms with Crippen molar-refractivity contribution in [2.24, 2.45) is 0 Å². The molecule has 3 aromatic rings. The van der Waals surface area contributed by atoms with Gasteiger partial charge in [0.2, 0.25) is 5.78 Å². The summed E-state index contributed by atoms with van der Waals surface area (Å²) in [5.74, 6) is -0.784. The summed E-state index contributed by atoms with van der Waals surface area (Å²) in [6.07, 6.45) is 3.34. The largest absolute Gasteiger partial charge is 0.489 e. The molecule has 41 heavy (non-hydrogen) atoms. The molecule has 1 aliphatic carbocycles. The fourth-order valence-electron chi connectivity index (χ4n) is 5.20.